The van der Waals surface area contributed by atoms with E-state index in [1.54, 1.807) is 0 Å². The quantitative estimate of drug-likeness (QED) is 0.560. The summed E-state index contributed by atoms with van der Waals surface area (Å²) in [5.74, 6) is -0.0927. The van der Waals surface area contributed by atoms with Crippen molar-refractivity contribution in [3.8, 4) is 0 Å². The van der Waals surface area contributed by atoms with Crippen LogP contribution in [0.3, 0.4) is 0 Å². The number of unbranched alkanes of at least 4 members (excludes halogenated alkanes) is 3. The number of nitrogens with two attached hydrogens (primary N) is 1. The third-order valence-corrected chi connectivity index (χ3v) is 3.77. The van der Waals surface area contributed by atoms with Crippen LogP contribution in [0.2, 0.25) is 0 Å². The third kappa shape index (κ3) is 8.15. The summed E-state index contributed by atoms with van der Waals surface area (Å²) in [4.78, 5) is 23.2. The second-order valence-corrected chi connectivity index (χ2v) is 5.63. The summed E-state index contributed by atoms with van der Waals surface area (Å²) < 4.78 is 0. The first-order valence-electron chi connectivity index (χ1n) is 7.98. The number of hydrogen-bond donors (Lipinski definition) is 3. The van der Waals surface area contributed by atoms with E-state index in [1.165, 1.54) is 19.3 Å². The van der Waals surface area contributed by atoms with E-state index >= 15 is 0 Å². The molecule has 0 aromatic rings. The predicted octanol–water partition coefficient (Wildman–Crippen LogP) is 1.46. The Bertz CT molecular complexity index is 289. The number of nitrogens with one attached hydrogen (secondary N) is 2. The monoisotopic (exact) mass is 283 g/mol. The zero-order valence-corrected chi connectivity index (χ0v) is 12.5. The highest BCUT2D eigenvalue weighted by atomic mass is 16.2. The van der Waals surface area contributed by atoms with Crippen molar-refractivity contribution in [3.05, 3.63) is 0 Å². The molecule has 1 fully saturated rings. The lowest BCUT2D eigenvalue weighted by Gasteiger charge is -2.22. The first-order chi connectivity index (χ1) is 9.72. The molecular weight excluding hydrogens is 254 g/mol. The molecule has 0 spiro atoms. The number of rotatable bonds is 9. The van der Waals surface area contributed by atoms with Gasteiger partial charge in [-0.1, -0.05) is 32.1 Å². The lowest BCUT2D eigenvalue weighted by atomic mass is 9.95. The summed E-state index contributed by atoms with van der Waals surface area (Å²) in [5.41, 5.74) is 5.40. The zero-order chi connectivity index (χ0) is 14.6. The predicted molar refractivity (Wildman–Crippen MR) is 80.2 cm³/mol. The maximum atomic E-state index is 11.7. The Morgan fingerprint density at radius 2 is 1.65 bits per heavy atom. The molecule has 0 saturated heterocycles. The fraction of sp³-hybridized carbons (Fsp3) is 0.867. The van der Waals surface area contributed by atoms with Crippen molar-refractivity contribution in [3.63, 3.8) is 0 Å². The Labute approximate surface area is 122 Å². The van der Waals surface area contributed by atoms with Crippen LogP contribution in [-0.2, 0) is 9.59 Å². The van der Waals surface area contributed by atoms with Gasteiger partial charge in [-0.2, -0.15) is 0 Å². The van der Waals surface area contributed by atoms with Crippen LogP contribution < -0.4 is 16.4 Å². The minimum atomic E-state index is -0.0617. The van der Waals surface area contributed by atoms with Crippen LogP contribution in [-0.4, -0.2) is 30.9 Å². The highest BCUT2D eigenvalue weighted by molar-refractivity contribution is 5.84. The molecule has 0 unspecified atom stereocenters. The summed E-state index contributed by atoms with van der Waals surface area (Å²) in [6.07, 6.45) is 10.3. The van der Waals surface area contributed by atoms with E-state index < -0.39 is 0 Å². The molecule has 0 aliphatic heterocycles. The minimum Gasteiger partial charge on any atom is -0.352 e. The average molecular weight is 283 g/mol. The molecule has 0 atom stereocenters. The SMILES string of the molecule is NCCCCCCC(=O)NCC(=O)NC1CCCCC1. The van der Waals surface area contributed by atoms with Gasteiger partial charge in [0.1, 0.15) is 0 Å². The van der Waals surface area contributed by atoms with Gasteiger partial charge in [-0.05, 0) is 32.2 Å². The van der Waals surface area contributed by atoms with Gasteiger partial charge in [-0.15, -0.1) is 0 Å². The van der Waals surface area contributed by atoms with Gasteiger partial charge < -0.3 is 16.4 Å². The number of carbonyl (C=O) groups is 2. The van der Waals surface area contributed by atoms with E-state index in [-0.39, 0.29) is 18.4 Å². The Kier molecular flexibility index (Phi) is 9.04. The summed E-state index contributed by atoms with van der Waals surface area (Å²) in [5, 5.41) is 5.68. The Hall–Kier alpha value is -1.10. The molecule has 5 heteroatoms. The second-order valence-electron chi connectivity index (χ2n) is 5.63. The molecule has 1 saturated carbocycles. The van der Waals surface area contributed by atoms with E-state index in [0.29, 0.717) is 19.0 Å². The van der Waals surface area contributed by atoms with Gasteiger partial charge >= 0.3 is 0 Å². The maximum Gasteiger partial charge on any atom is 0.239 e. The number of carbonyl (C=O) groups excluding carboxylic acids is 2. The molecule has 116 valence electrons. The minimum absolute atomic E-state index is 0.0310. The van der Waals surface area contributed by atoms with Crippen molar-refractivity contribution in [1.82, 2.24) is 10.6 Å². The molecule has 0 aromatic heterocycles. The van der Waals surface area contributed by atoms with Crippen LogP contribution in [0.15, 0.2) is 0 Å². The maximum absolute atomic E-state index is 11.7. The molecular formula is C15H29N3O2. The van der Waals surface area contributed by atoms with Crippen molar-refractivity contribution in [2.75, 3.05) is 13.1 Å². The molecule has 0 bridgehead atoms. The summed E-state index contributed by atoms with van der Waals surface area (Å²) in [7, 11) is 0. The van der Waals surface area contributed by atoms with E-state index in [0.717, 1.165) is 38.5 Å². The van der Waals surface area contributed by atoms with Gasteiger partial charge in [0.2, 0.25) is 11.8 Å². The standard InChI is InChI=1S/C15H29N3O2/c16-11-7-2-1-6-10-14(19)17-12-15(20)18-13-8-4-3-5-9-13/h13H,1-12,16H2,(H,17,19)(H,18,20). The molecule has 5 nitrogen and oxygen atoms in total. The smallest absolute Gasteiger partial charge is 0.239 e. The lowest BCUT2D eigenvalue weighted by molar-refractivity contribution is -0.126. The Morgan fingerprint density at radius 3 is 2.35 bits per heavy atom. The van der Waals surface area contributed by atoms with Gasteiger partial charge in [0, 0.05) is 12.5 Å². The molecule has 2 amide bonds. The first kappa shape index (κ1) is 17.0. The van der Waals surface area contributed by atoms with Crippen LogP contribution in [0.1, 0.15) is 64.2 Å². The summed E-state index contributed by atoms with van der Waals surface area (Å²) >= 11 is 0. The van der Waals surface area contributed by atoms with Crippen molar-refractivity contribution in [2.24, 2.45) is 5.73 Å². The van der Waals surface area contributed by atoms with Gasteiger partial charge in [0.15, 0.2) is 0 Å². The van der Waals surface area contributed by atoms with E-state index in [4.69, 9.17) is 5.73 Å². The highest BCUT2D eigenvalue weighted by Gasteiger charge is 2.15. The Balaban J connectivity index is 2.00. The normalized spacial score (nSPS) is 15.8. The Morgan fingerprint density at radius 1 is 0.950 bits per heavy atom. The molecule has 1 aliphatic rings. The molecule has 0 aromatic carbocycles. The van der Waals surface area contributed by atoms with Gasteiger partial charge in [-0.25, -0.2) is 0 Å². The van der Waals surface area contributed by atoms with E-state index in [1.807, 2.05) is 0 Å². The molecule has 20 heavy (non-hydrogen) atoms. The molecule has 1 aliphatic carbocycles. The fourth-order valence-electron chi connectivity index (χ4n) is 2.58. The summed E-state index contributed by atoms with van der Waals surface area (Å²) in [6, 6.07) is 0.310. The van der Waals surface area contributed by atoms with Crippen LogP contribution in [0.25, 0.3) is 0 Å². The van der Waals surface area contributed by atoms with Gasteiger partial charge in [0.05, 0.1) is 6.54 Å². The first-order valence-corrected chi connectivity index (χ1v) is 7.98. The van der Waals surface area contributed by atoms with Crippen molar-refractivity contribution < 1.29 is 9.59 Å². The average Bonchev–Trinajstić information content (AvgIpc) is 2.46. The second kappa shape index (κ2) is 10.7. The van der Waals surface area contributed by atoms with Crippen LogP contribution >= 0.6 is 0 Å². The molecule has 0 heterocycles. The summed E-state index contributed by atoms with van der Waals surface area (Å²) in [6.45, 7) is 0.825. The largest absolute Gasteiger partial charge is 0.352 e. The fourth-order valence-corrected chi connectivity index (χ4v) is 2.58. The molecule has 0 radical (unpaired) electrons. The van der Waals surface area contributed by atoms with Crippen molar-refractivity contribution in [2.45, 2.75) is 70.3 Å². The number of hydrogen-bond acceptors (Lipinski definition) is 3. The molecule has 4 N–H and O–H groups in total. The number of amides is 2. The van der Waals surface area contributed by atoms with Crippen molar-refractivity contribution in [1.29, 1.82) is 0 Å². The van der Waals surface area contributed by atoms with E-state index in [9.17, 15) is 9.59 Å². The van der Waals surface area contributed by atoms with Crippen LogP contribution in [0.4, 0.5) is 0 Å². The third-order valence-electron chi connectivity index (χ3n) is 3.77. The highest BCUT2D eigenvalue weighted by Crippen LogP contribution is 2.17. The van der Waals surface area contributed by atoms with Gasteiger partial charge in [-0.3, -0.25) is 9.59 Å². The van der Waals surface area contributed by atoms with E-state index in [2.05, 4.69) is 10.6 Å². The topological polar surface area (TPSA) is 84.2 Å². The molecule has 1 rings (SSSR count). The zero-order valence-electron chi connectivity index (χ0n) is 12.5. The lowest BCUT2D eigenvalue weighted by Crippen LogP contribution is -2.42. The van der Waals surface area contributed by atoms with Crippen molar-refractivity contribution >= 4 is 11.8 Å². The van der Waals surface area contributed by atoms with Crippen LogP contribution in [0.5, 0.6) is 0 Å². The van der Waals surface area contributed by atoms with Gasteiger partial charge in [0.25, 0.3) is 0 Å². The van der Waals surface area contributed by atoms with Crippen LogP contribution in [0, 0.1) is 0 Å².